The topological polar surface area (TPSA) is 60.4 Å². The molecule has 0 radical (unpaired) electrons. The van der Waals surface area contributed by atoms with E-state index in [-0.39, 0.29) is 18.2 Å². The summed E-state index contributed by atoms with van der Waals surface area (Å²) in [6, 6.07) is 9.71. The summed E-state index contributed by atoms with van der Waals surface area (Å²) in [5.41, 5.74) is 0.818. The molecule has 3 fully saturated rings. The molecule has 2 aliphatic carbocycles. The molecule has 27 heavy (non-hydrogen) atoms. The summed E-state index contributed by atoms with van der Waals surface area (Å²) >= 11 is 0. The minimum absolute atomic E-state index is 0.0462. The molecule has 0 bridgehead atoms. The molecule has 1 aromatic rings. The lowest BCUT2D eigenvalue weighted by Crippen LogP contribution is -2.28. The van der Waals surface area contributed by atoms with Gasteiger partial charge in [-0.25, -0.2) is 9.79 Å². The van der Waals surface area contributed by atoms with Crippen molar-refractivity contribution < 1.29 is 19.0 Å². The molecule has 1 aliphatic heterocycles. The number of benzene rings is 1. The summed E-state index contributed by atoms with van der Waals surface area (Å²) in [7, 11) is 0. The van der Waals surface area contributed by atoms with E-state index in [1.165, 1.54) is 25.7 Å². The number of hydrogen-bond acceptors (Lipinski definition) is 5. The molecule has 2 atom stereocenters. The Hall–Kier alpha value is -1.88. The smallest absolute Gasteiger partial charge is 0.338 e. The number of aliphatic imine (C=N–C) groups is 1. The average Bonchev–Trinajstić information content (AvgIpc) is 3.51. The monoisotopic (exact) mass is 371 g/mol. The number of para-hydroxylation sites is 1. The largest absolute Gasteiger partial charge is 0.475 e. The highest BCUT2D eigenvalue weighted by molar-refractivity contribution is 5.94. The number of rotatable bonds is 5. The van der Waals surface area contributed by atoms with Crippen molar-refractivity contribution in [1.82, 2.24) is 0 Å². The first-order valence-corrected chi connectivity index (χ1v) is 10.5. The molecular formula is C22H29NO4. The van der Waals surface area contributed by atoms with Crippen molar-refractivity contribution in [3.63, 3.8) is 0 Å². The number of nitrogens with zero attached hydrogens (tertiary/aromatic N) is 1. The minimum atomic E-state index is -0.571. The highest BCUT2D eigenvalue weighted by atomic mass is 16.7. The van der Waals surface area contributed by atoms with E-state index >= 15 is 0 Å². The zero-order valence-corrected chi connectivity index (χ0v) is 15.8. The van der Waals surface area contributed by atoms with E-state index in [1.54, 1.807) is 0 Å². The van der Waals surface area contributed by atoms with Gasteiger partial charge >= 0.3 is 5.97 Å². The third-order valence-electron chi connectivity index (χ3n) is 5.64. The van der Waals surface area contributed by atoms with E-state index in [4.69, 9.17) is 14.2 Å². The number of ether oxygens (including phenoxy) is 3. The Balaban J connectivity index is 1.41. The van der Waals surface area contributed by atoms with Crippen molar-refractivity contribution in [1.29, 1.82) is 0 Å². The number of carbonyl (C=O) groups is 1. The van der Waals surface area contributed by atoms with Crippen LogP contribution in [0.3, 0.4) is 0 Å². The van der Waals surface area contributed by atoms with Crippen LogP contribution in [0.5, 0.6) is 0 Å². The number of esters is 1. The normalized spacial score (nSPS) is 27.2. The van der Waals surface area contributed by atoms with Crippen LogP contribution in [0, 0.1) is 0 Å². The van der Waals surface area contributed by atoms with Crippen LogP contribution in [0.15, 0.2) is 35.3 Å². The van der Waals surface area contributed by atoms with Crippen LogP contribution in [0.1, 0.15) is 64.2 Å². The Bertz CT molecular complexity index is 648. The Morgan fingerprint density at radius 1 is 0.815 bits per heavy atom. The van der Waals surface area contributed by atoms with Gasteiger partial charge in [-0.05, 0) is 63.5 Å². The molecule has 0 spiro atoms. The molecule has 146 valence electrons. The van der Waals surface area contributed by atoms with Gasteiger partial charge in [0.05, 0.1) is 5.69 Å². The maximum atomic E-state index is 12.5. The first-order chi connectivity index (χ1) is 13.3. The van der Waals surface area contributed by atoms with Gasteiger partial charge in [-0.15, -0.1) is 0 Å². The molecule has 1 heterocycles. The van der Waals surface area contributed by atoms with Gasteiger partial charge in [-0.3, -0.25) is 0 Å². The maximum Gasteiger partial charge on any atom is 0.338 e. The molecule has 4 rings (SSSR count). The van der Waals surface area contributed by atoms with Gasteiger partial charge in [-0.2, -0.15) is 0 Å². The zero-order valence-electron chi connectivity index (χ0n) is 15.8. The highest BCUT2D eigenvalue weighted by Gasteiger charge is 2.52. The average molecular weight is 371 g/mol. The molecule has 5 nitrogen and oxygen atoms in total. The van der Waals surface area contributed by atoms with Gasteiger partial charge in [0.15, 0.2) is 12.2 Å². The van der Waals surface area contributed by atoms with Crippen LogP contribution < -0.4 is 0 Å². The van der Waals surface area contributed by atoms with Crippen molar-refractivity contribution in [2.45, 2.75) is 88.6 Å². The molecule has 0 amide bonds. The summed E-state index contributed by atoms with van der Waals surface area (Å²) in [5.74, 6) is 0.263. The third kappa shape index (κ3) is 5.10. The summed E-state index contributed by atoms with van der Waals surface area (Å²) in [6.45, 7) is 0. The predicted molar refractivity (Wildman–Crippen MR) is 103 cm³/mol. The van der Waals surface area contributed by atoms with Crippen molar-refractivity contribution >= 4 is 17.6 Å². The molecule has 1 saturated heterocycles. The first kappa shape index (κ1) is 18.5. The summed E-state index contributed by atoms with van der Waals surface area (Å²) < 4.78 is 17.5. The van der Waals surface area contributed by atoms with Gasteiger partial charge < -0.3 is 14.2 Å². The molecule has 2 unspecified atom stereocenters. The second-order valence-corrected chi connectivity index (χ2v) is 7.84. The number of epoxide rings is 1. The fourth-order valence-corrected chi connectivity index (χ4v) is 4.03. The maximum absolute atomic E-state index is 12.5. The Kier molecular flexibility index (Phi) is 6.07. The molecular weight excluding hydrogens is 342 g/mol. The van der Waals surface area contributed by atoms with E-state index < -0.39 is 12.2 Å². The van der Waals surface area contributed by atoms with Crippen LogP contribution in [0.25, 0.3) is 0 Å². The summed E-state index contributed by atoms with van der Waals surface area (Å²) in [6.07, 6.45) is 10.4. The van der Waals surface area contributed by atoms with Crippen LogP contribution in [0.4, 0.5) is 5.69 Å². The van der Waals surface area contributed by atoms with E-state index in [0.29, 0.717) is 5.90 Å². The van der Waals surface area contributed by atoms with Crippen LogP contribution >= 0.6 is 0 Å². The molecule has 5 heteroatoms. The molecule has 0 N–H and O–H groups in total. The van der Waals surface area contributed by atoms with Gasteiger partial charge in [0.25, 0.3) is 0 Å². The second kappa shape index (κ2) is 8.87. The lowest BCUT2D eigenvalue weighted by Gasteiger charge is -2.23. The number of carbonyl (C=O) groups excluding carboxylic acids is 1. The van der Waals surface area contributed by atoms with Crippen molar-refractivity contribution in [2.75, 3.05) is 0 Å². The predicted octanol–water partition coefficient (Wildman–Crippen LogP) is 4.71. The zero-order chi connectivity index (χ0) is 18.5. The lowest BCUT2D eigenvalue weighted by molar-refractivity contribution is -0.151. The van der Waals surface area contributed by atoms with Crippen LogP contribution in [-0.2, 0) is 19.0 Å². The standard InChI is InChI=1S/C22H29NO4/c24-22(26-18-14-8-3-9-15-18)20-19(27-20)21(23-16-10-4-1-5-11-16)25-17-12-6-2-7-13-17/h1,4-5,10-11,17-20H,2-3,6-9,12-15H2. The summed E-state index contributed by atoms with van der Waals surface area (Å²) in [4.78, 5) is 17.1. The second-order valence-electron chi connectivity index (χ2n) is 7.84. The van der Waals surface area contributed by atoms with E-state index in [1.807, 2.05) is 30.3 Å². The van der Waals surface area contributed by atoms with Crippen LogP contribution in [-0.4, -0.2) is 36.3 Å². The van der Waals surface area contributed by atoms with Gasteiger partial charge in [0, 0.05) is 0 Å². The van der Waals surface area contributed by atoms with Crippen molar-refractivity contribution in [3.05, 3.63) is 30.3 Å². The third-order valence-corrected chi connectivity index (χ3v) is 5.64. The Labute approximate surface area is 161 Å². The van der Waals surface area contributed by atoms with Gasteiger partial charge in [0.1, 0.15) is 12.2 Å². The SMILES string of the molecule is O=C(OC1CCCCC1)C1OC1C(=Nc1ccccc1)OC1CCCCC1. The molecule has 2 saturated carbocycles. The first-order valence-electron chi connectivity index (χ1n) is 10.5. The van der Waals surface area contributed by atoms with Crippen molar-refractivity contribution in [3.8, 4) is 0 Å². The van der Waals surface area contributed by atoms with Gasteiger partial charge in [-0.1, -0.05) is 31.0 Å². The molecule has 1 aromatic carbocycles. The Morgan fingerprint density at radius 3 is 2.04 bits per heavy atom. The van der Waals surface area contributed by atoms with Crippen molar-refractivity contribution in [2.24, 2.45) is 4.99 Å². The quantitative estimate of drug-likeness (QED) is 0.325. The Morgan fingerprint density at radius 2 is 1.41 bits per heavy atom. The fourth-order valence-electron chi connectivity index (χ4n) is 4.03. The van der Waals surface area contributed by atoms with Crippen LogP contribution in [0.2, 0.25) is 0 Å². The van der Waals surface area contributed by atoms with Gasteiger partial charge in [0.2, 0.25) is 5.90 Å². The highest BCUT2D eigenvalue weighted by Crippen LogP contribution is 2.31. The van der Waals surface area contributed by atoms with E-state index in [2.05, 4.69) is 4.99 Å². The summed E-state index contributed by atoms with van der Waals surface area (Å²) in [5, 5.41) is 0. The molecule has 0 aromatic heterocycles. The lowest BCUT2D eigenvalue weighted by atomic mass is 9.98. The fraction of sp³-hybridized carbons (Fsp3) is 0.636. The van der Waals surface area contributed by atoms with E-state index in [0.717, 1.165) is 44.2 Å². The molecule has 3 aliphatic rings. The minimum Gasteiger partial charge on any atom is -0.475 e. The van der Waals surface area contributed by atoms with E-state index in [9.17, 15) is 4.79 Å². The number of hydrogen-bond donors (Lipinski definition) is 0.